The van der Waals surface area contributed by atoms with Crippen LogP contribution in [0.3, 0.4) is 0 Å². The average molecular weight is 564 g/mol. The zero-order valence-corrected chi connectivity index (χ0v) is 22.3. The predicted molar refractivity (Wildman–Crippen MR) is 150 cm³/mol. The Kier molecular flexibility index (Phi) is 5.76. The highest BCUT2D eigenvalue weighted by atomic mass is 35.5. The van der Waals surface area contributed by atoms with Crippen molar-refractivity contribution in [2.75, 3.05) is 0 Å². The lowest BCUT2D eigenvalue weighted by atomic mass is 9.55. The molecule has 0 saturated carbocycles. The van der Waals surface area contributed by atoms with E-state index in [-0.39, 0.29) is 34.7 Å². The van der Waals surface area contributed by atoms with Crippen LogP contribution in [-0.4, -0.2) is 32.7 Å². The number of imide groups is 1. The van der Waals surface area contributed by atoms with Crippen molar-refractivity contribution in [3.05, 3.63) is 146 Å². The van der Waals surface area contributed by atoms with Gasteiger partial charge in [0.05, 0.1) is 33.9 Å². The van der Waals surface area contributed by atoms with Crippen molar-refractivity contribution >= 4 is 35.0 Å². The minimum atomic E-state index is -0.671. The summed E-state index contributed by atoms with van der Waals surface area (Å²) in [4.78, 5) is 53.4. The first-order valence-corrected chi connectivity index (χ1v) is 13.6. The number of nitro groups is 1. The molecule has 0 unspecified atom stereocenters. The van der Waals surface area contributed by atoms with Crippen LogP contribution in [0, 0.1) is 22.0 Å². The molecule has 1 saturated heterocycles. The SMILES string of the molecule is O=C(c1ccccc1Cl)N(Cc1ccc([N+](=O)[O-])cc1)N1C(=O)[C@@H]2C3c4ccccc4C(c4ccccc43)[C@H]2C1=O. The number of benzene rings is 4. The third kappa shape index (κ3) is 3.71. The van der Waals surface area contributed by atoms with Crippen molar-refractivity contribution < 1.29 is 19.3 Å². The van der Waals surface area contributed by atoms with E-state index in [0.717, 1.165) is 32.3 Å². The van der Waals surface area contributed by atoms with Crippen LogP contribution in [-0.2, 0) is 16.1 Å². The second-order valence-corrected chi connectivity index (χ2v) is 10.9. The van der Waals surface area contributed by atoms with Gasteiger partial charge < -0.3 is 0 Å². The lowest BCUT2D eigenvalue weighted by molar-refractivity contribution is -0.384. The number of carbonyl (C=O) groups is 3. The zero-order chi connectivity index (χ0) is 28.4. The van der Waals surface area contributed by atoms with Crippen LogP contribution in [0.15, 0.2) is 97.1 Å². The monoisotopic (exact) mass is 563 g/mol. The molecule has 4 aromatic carbocycles. The molecule has 4 aliphatic rings. The highest BCUT2D eigenvalue weighted by Crippen LogP contribution is 2.61. The Labute approximate surface area is 239 Å². The van der Waals surface area contributed by atoms with E-state index in [1.54, 1.807) is 24.3 Å². The molecule has 1 aliphatic heterocycles. The molecular formula is C32H22ClN3O5. The summed E-state index contributed by atoms with van der Waals surface area (Å²) >= 11 is 6.39. The van der Waals surface area contributed by atoms with Crippen LogP contribution >= 0.6 is 11.6 Å². The summed E-state index contributed by atoms with van der Waals surface area (Å²) in [5.74, 6) is -3.49. The van der Waals surface area contributed by atoms with Crippen molar-refractivity contribution in [1.29, 1.82) is 0 Å². The van der Waals surface area contributed by atoms with Gasteiger partial charge in [0.15, 0.2) is 0 Å². The smallest absolute Gasteiger partial charge is 0.272 e. The first-order valence-electron chi connectivity index (χ1n) is 13.2. The lowest BCUT2D eigenvalue weighted by Gasteiger charge is -2.45. The van der Waals surface area contributed by atoms with Gasteiger partial charge in [-0.2, -0.15) is 5.01 Å². The number of non-ortho nitro benzene ring substituents is 1. The van der Waals surface area contributed by atoms with Crippen LogP contribution in [0.5, 0.6) is 0 Å². The number of rotatable bonds is 5. The summed E-state index contributed by atoms with van der Waals surface area (Å²) in [6.07, 6.45) is 0. The van der Waals surface area contributed by atoms with Crippen LogP contribution in [0.4, 0.5) is 5.69 Å². The molecule has 2 bridgehead atoms. The van der Waals surface area contributed by atoms with E-state index in [0.29, 0.717) is 5.56 Å². The predicted octanol–water partition coefficient (Wildman–Crippen LogP) is 5.70. The van der Waals surface area contributed by atoms with Crippen LogP contribution < -0.4 is 0 Å². The van der Waals surface area contributed by atoms with E-state index in [1.807, 2.05) is 48.5 Å². The molecule has 0 N–H and O–H groups in total. The van der Waals surface area contributed by atoms with Crippen LogP contribution in [0.1, 0.15) is 50.0 Å². The maximum Gasteiger partial charge on any atom is 0.274 e. The molecule has 202 valence electrons. The minimum Gasteiger partial charge on any atom is -0.272 e. The highest BCUT2D eigenvalue weighted by Gasteiger charge is 2.63. The third-order valence-electron chi connectivity index (χ3n) is 8.48. The number of halogens is 1. The maximum atomic E-state index is 14.3. The zero-order valence-electron chi connectivity index (χ0n) is 21.5. The fraction of sp³-hybridized carbons (Fsp3) is 0.156. The fourth-order valence-electron chi connectivity index (χ4n) is 6.80. The van der Waals surface area contributed by atoms with Gasteiger partial charge in [0.2, 0.25) is 0 Å². The first-order chi connectivity index (χ1) is 19.9. The highest BCUT2D eigenvalue weighted by molar-refractivity contribution is 6.33. The summed E-state index contributed by atoms with van der Waals surface area (Å²) in [5.41, 5.74) is 4.66. The summed E-state index contributed by atoms with van der Waals surface area (Å²) in [7, 11) is 0. The van der Waals surface area contributed by atoms with E-state index in [9.17, 15) is 24.5 Å². The molecule has 0 aromatic heterocycles. The van der Waals surface area contributed by atoms with E-state index in [4.69, 9.17) is 11.6 Å². The van der Waals surface area contributed by atoms with Gasteiger partial charge >= 0.3 is 0 Å². The Hall–Kier alpha value is -4.82. The molecule has 1 heterocycles. The second-order valence-electron chi connectivity index (χ2n) is 10.5. The Morgan fingerprint density at radius 2 is 1.22 bits per heavy atom. The van der Waals surface area contributed by atoms with Gasteiger partial charge in [0, 0.05) is 24.0 Å². The summed E-state index contributed by atoms with van der Waals surface area (Å²) in [6.45, 7) is -0.159. The van der Waals surface area contributed by atoms with Crippen LogP contribution in [0.25, 0.3) is 0 Å². The van der Waals surface area contributed by atoms with E-state index >= 15 is 0 Å². The van der Waals surface area contributed by atoms with Crippen molar-refractivity contribution in [3.63, 3.8) is 0 Å². The minimum absolute atomic E-state index is 0.107. The van der Waals surface area contributed by atoms with Gasteiger partial charge in [0.25, 0.3) is 23.4 Å². The molecule has 0 spiro atoms. The number of amides is 3. The Morgan fingerprint density at radius 3 is 1.68 bits per heavy atom. The number of hydrazine groups is 1. The Bertz CT molecular complexity index is 1660. The number of carbonyl (C=O) groups excluding carboxylic acids is 3. The van der Waals surface area contributed by atoms with Gasteiger partial charge in [-0.15, -0.1) is 0 Å². The summed E-state index contributed by atoms with van der Waals surface area (Å²) in [6, 6.07) is 28.0. The van der Waals surface area contributed by atoms with Gasteiger partial charge in [-0.25, -0.2) is 5.01 Å². The van der Waals surface area contributed by atoms with Gasteiger partial charge in [-0.1, -0.05) is 84.4 Å². The largest absolute Gasteiger partial charge is 0.274 e. The topological polar surface area (TPSA) is 101 Å². The Balaban J connectivity index is 1.34. The molecule has 9 heteroatoms. The van der Waals surface area contributed by atoms with Crippen molar-refractivity contribution in [2.45, 2.75) is 18.4 Å². The van der Waals surface area contributed by atoms with Crippen molar-refractivity contribution in [3.8, 4) is 0 Å². The van der Waals surface area contributed by atoms with Crippen molar-refractivity contribution in [1.82, 2.24) is 10.0 Å². The fourth-order valence-corrected chi connectivity index (χ4v) is 7.02. The number of nitro benzene ring substituents is 1. The standard InChI is InChI=1S/C32H22ClN3O5/c33-25-12-6-5-11-24(25)30(37)34(17-18-13-15-19(16-14-18)36(40)41)35-31(38)28-26-20-7-1-2-8-21(20)27(29(28)32(35)39)23-10-4-3-9-22(23)26/h1-16,26-29H,17H2/t26?,27?,28-,29-/m1/s1. The maximum absolute atomic E-state index is 14.3. The molecular weight excluding hydrogens is 542 g/mol. The van der Waals surface area contributed by atoms with Gasteiger partial charge in [-0.3, -0.25) is 24.5 Å². The van der Waals surface area contributed by atoms with E-state index < -0.39 is 34.5 Å². The summed E-state index contributed by atoms with van der Waals surface area (Å²) in [5, 5.41) is 13.5. The molecule has 1 fully saturated rings. The molecule has 2 atom stereocenters. The van der Waals surface area contributed by atoms with Crippen LogP contribution in [0.2, 0.25) is 5.02 Å². The van der Waals surface area contributed by atoms with Crippen molar-refractivity contribution in [2.24, 2.45) is 11.8 Å². The normalized spacial score (nSPS) is 21.7. The summed E-state index contributed by atoms with van der Waals surface area (Å²) < 4.78 is 0. The first kappa shape index (κ1) is 25.2. The molecule has 8 nitrogen and oxygen atoms in total. The van der Waals surface area contributed by atoms with Gasteiger partial charge in [-0.05, 0) is 39.9 Å². The number of nitrogens with zero attached hydrogens (tertiary/aromatic N) is 3. The molecule has 41 heavy (non-hydrogen) atoms. The molecule has 4 aromatic rings. The second kappa shape index (κ2) is 9.38. The lowest BCUT2D eigenvalue weighted by Crippen LogP contribution is -2.50. The molecule has 8 rings (SSSR count). The molecule has 3 aliphatic carbocycles. The number of hydrogen-bond donors (Lipinski definition) is 0. The third-order valence-corrected chi connectivity index (χ3v) is 8.81. The van der Waals surface area contributed by atoms with Gasteiger partial charge in [0.1, 0.15) is 0 Å². The van der Waals surface area contributed by atoms with E-state index in [2.05, 4.69) is 0 Å². The Morgan fingerprint density at radius 1 is 0.756 bits per heavy atom. The molecule has 3 amide bonds. The number of hydrogen-bond acceptors (Lipinski definition) is 5. The molecule has 0 radical (unpaired) electrons. The van der Waals surface area contributed by atoms with E-state index in [1.165, 1.54) is 24.3 Å². The average Bonchev–Trinajstić information content (AvgIpc) is 3.26. The quantitative estimate of drug-likeness (QED) is 0.176.